The molecule has 5 N–H and O–H groups in total. The number of rotatable bonds is 14. The van der Waals surface area contributed by atoms with Crippen LogP contribution in [0.1, 0.15) is 11.1 Å². The molecule has 17 nitrogen and oxygen atoms in total. The summed E-state index contributed by atoms with van der Waals surface area (Å²) >= 11 is 0.571. The van der Waals surface area contributed by atoms with E-state index in [1.54, 1.807) is 36.4 Å². The first-order chi connectivity index (χ1) is 29.3. The molecule has 4 heterocycles. The molecule has 2 aliphatic rings. The van der Waals surface area contributed by atoms with Crippen molar-refractivity contribution in [3.63, 3.8) is 0 Å². The Hall–Kier alpha value is -6.38. The number of ether oxygens (including phenoxy) is 2. The molecule has 2 fully saturated rings. The molecular formula is C41H42N12O5S2. The van der Waals surface area contributed by atoms with E-state index in [0.29, 0.717) is 122 Å². The van der Waals surface area contributed by atoms with Crippen molar-refractivity contribution in [3.8, 4) is 0 Å². The second kappa shape index (κ2) is 18.7. The van der Waals surface area contributed by atoms with Crippen LogP contribution in [0.4, 0.5) is 58.4 Å². The van der Waals surface area contributed by atoms with Gasteiger partial charge in [0.25, 0.3) is 0 Å². The zero-order valence-corrected chi connectivity index (χ0v) is 34.2. The Morgan fingerprint density at radius 1 is 0.567 bits per heavy atom. The molecule has 2 aromatic heterocycles. The normalized spacial score (nSPS) is 14.6. The molecule has 6 aromatic rings. The van der Waals surface area contributed by atoms with Crippen LogP contribution in [-0.4, -0.2) is 102 Å². The summed E-state index contributed by atoms with van der Waals surface area (Å²) < 4.78 is 47.7. The fourth-order valence-corrected chi connectivity index (χ4v) is 7.73. The highest BCUT2D eigenvalue weighted by molar-refractivity contribution is 7.93. The summed E-state index contributed by atoms with van der Waals surface area (Å²) in [4.78, 5) is 32.5. The molecule has 0 amide bonds. The van der Waals surface area contributed by atoms with Crippen LogP contribution in [-0.2, 0) is 19.3 Å². The van der Waals surface area contributed by atoms with Crippen LogP contribution in [0.2, 0.25) is 0 Å². The summed E-state index contributed by atoms with van der Waals surface area (Å²) in [6, 6.07) is 29.6. The lowest BCUT2D eigenvalue weighted by Crippen LogP contribution is -2.37. The Bertz CT molecular complexity index is 2560. The predicted octanol–water partition coefficient (Wildman–Crippen LogP) is 6.84. The minimum absolute atomic E-state index is 0.0937. The first kappa shape index (κ1) is 40.4. The van der Waals surface area contributed by atoms with E-state index in [0.717, 1.165) is 17.6 Å². The molecule has 19 heteroatoms. The molecule has 308 valence electrons. The summed E-state index contributed by atoms with van der Waals surface area (Å²) in [5.41, 5.74) is 3.83. The molecule has 60 heavy (non-hydrogen) atoms. The van der Waals surface area contributed by atoms with Gasteiger partial charge in [-0.2, -0.15) is 29.9 Å². The highest BCUT2D eigenvalue weighted by Gasteiger charge is 2.20. The van der Waals surface area contributed by atoms with Gasteiger partial charge >= 0.3 is 0 Å². The summed E-state index contributed by atoms with van der Waals surface area (Å²) in [7, 11) is -3.70. The van der Waals surface area contributed by atoms with Crippen LogP contribution >= 0.6 is 12.0 Å². The molecule has 0 spiro atoms. The lowest BCUT2D eigenvalue weighted by atomic mass is 10.1. The van der Waals surface area contributed by atoms with Crippen LogP contribution < -0.4 is 31.1 Å². The number of para-hydroxylation sites is 2. The van der Waals surface area contributed by atoms with E-state index in [4.69, 9.17) is 14.5 Å². The van der Waals surface area contributed by atoms with Crippen LogP contribution in [0, 0.1) is 0 Å². The van der Waals surface area contributed by atoms with E-state index < -0.39 is 9.84 Å². The van der Waals surface area contributed by atoms with Crippen molar-refractivity contribution >= 4 is 92.5 Å². The Balaban J connectivity index is 1.03. The molecule has 4 aromatic carbocycles. The van der Waals surface area contributed by atoms with Crippen molar-refractivity contribution in [1.82, 2.24) is 29.9 Å². The Morgan fingerprint density at radius 3 is 1.43 bits per heavy atom. The van der Waals surface area contributed by atoms with Crippen molar-refractivity contribution in [1.29, 1.82) is 0 Å². The van der Waals surface area contributed by atoms with Gasteiger partial charge in [0.2, 0.25) is 35.7 Å². The first-order valence-electron chi connectivity index (χ1n) is 19.1. The van der Waals surface area contributed by atoms with Crippen molar-refractivity contribution in [2.45, 2.75) is 9.79 Å². The Labute approximate surface area is 351 Å². The first-order valence-corrected chi connectivity index (χ1v) is 21.8. The van der Waals surface area contributed by atoms with E-state index in [2.05, 4.69) is 46.2 Å². The van der Waals surface area contributed by atoms with Gasteiger partial charge < -0.3 is 45.1 Å². The number of morpholine rings is 2. The fraction of sp³-hybridized carbons (Fsp3) is 0.220. The molecule has 0 radical (unpaired) electrons. The van der Waals surface area contributed by atoms with Gasteiger partial charge in [-0.1, -0.05) is 60.7 Å². The number of benzene rings is 4. The molecule has 2 aliphatic heterocycles. The molecule has 2 saturated heterocycles. The van der Waals surface area contributed by atoms with Crippen molar-refractivity contribution in [3.05, 3.63) is 108 Å². The summed E-state index contributed by atoms with van der Waals surface area (Å²) in [6.07, 6.45) is 4.61. The molecule has 0 unspecified atom stereocenters. The van der Waals surface area contributed by atoms with Gasteiger partial charge in [-0.3, -0.25) is 0 Å². The van der Waals surface area contributed by atoms with Crippen molar-refractivity contribution in [2.24, 2.45) is 0 Å². The van der Waals surface area contributed by atoms with Gasteiger partial charge in [0, 0.05) is 72.1 Å². The third kappa shape index (κ3) is 10.4. The molecule has 8 rings (SSSR count). The highest BCUT2D eigenvalue weighted by atomic mass is 32.2. The van der Waals surface area contributed by atoms with Gasteiger partial charge in [0.05, 0.1) is 31.3 Å². The maximum Gasteiger partial charge on any atom is 0.233 e. The third-order valence-corrected chi connectivity index (χ3v) is 11.1. The van der Waals surface area contributed by atoms with E-state index in [1.165, 1.54) is 0 Å². The number of hydrogen-bond acceptors (Lipinski definition) is 18. The number of nitrogens with zero attached hydrogens (tertiary/aromatic N) is 8. The lowest BCUT2D eigenvalue weighted by Gasteiger charge is -2.27. The van der Waals surface area contributed by atoms with Gasteiger partial charge in [0.15, 0.2) is 9.84 Å². The zero-order valence-electron chi connectivity index (χ0n) is 32.5. The van der Waals surface area contributed by atoms with Crippen LogP contribution in [0.25, 0.3) is 12.2 Å². The molecule has 0 aliphatic carbocycles. The van der Waals surface area contributed by atoms with Gasteiger partial charge in [0.1, 0.15) is 0 Å². The van der Waals surface area contributed by atoms with E-state index >= 15 is 0 Å². The second-order valence-corrected chi connectivity index (χ2v) is 16.3. The SMILES string of the molecule is CS(=O)(=O)c1cc(Nc2nc(Nc3ccccc3)nc(N3CCOCC3)n2)ccc1/C=C/c1ccc(Nc2nc(Nc3ccccc3)nc(N3CCOCC3)n2)cc1SO. The van der Waals surface area contributed by atoms with Crippen LogP contribution in [0.15, 0.2) is 107 Å². The van der Waals surface area contributed by atoms with Gasteiger partial charge in [-0.05, 0) is 59.7 Å². The number of aromatic nitrogens is 6. The Morgan fingerprint density at radius 2 is 0.983 bits per heavy atom. The highest BCUT2D eigenvalue weighted by Crippen LogP contribution is 2.30. The average molecular weight is 847 g/mol. The third-order valence-electron chi connectivity index (χ3n) is 9.37. The predicted molar refractivity (Wildman–Crippen MR) is 235 cm³/mol. The van der Waals surface area contributed by atoms with Crippen LogP contribution in [0.3, 0.4) is 0 Å². The number of nitrogens with one attached hydrogen (secondary N) is 4. The summed E-state index contributed by atoms with van der Waals surface area (Å²) in [5, 5.41) is 12.9. The number of hydrogen-bond donors (Lipinski definition) is 5. The zero-order chi connectivity index (χ0) is 41.3. The van der Waals surface area contributed by atoms with E-state index in [1.807, 2.05) is 82.6 Å². The van der Waals surface area contributed by atoms with E-state index in [-0.39, 0.29) is 10.8 Å². The molecule has 0 atom stereocenters. The maximum absolute atomic E-state index is 13.2. The Kier molecular flexibility index (Phi) is 12.6. The van der Waals surface area contributed by atoms with Crippen molar-refractivity contribution in [2.75, 3.05) is 89.9 Å². The summed E-state index contributed by atoms with van der Waals surface area (Å²) in [5.74, 6) is 2.22. The van der Waals surface area contributed by atoms with Gasteiger partial charge in [-0.25, -0.2) is 8.42 Å². The van der Waals surface area contributed by atoms with Crippen molar-refractivity contribution < 1.29 is 22.4 Å². The minimum atomic E-state index is -3.70. The monoisotopic (exact) mass is 846 g/mol. The summed E-state index contributed by atoms with van der Waals surface area (Å²) in [6.45, 7) is 4.76. The van der Waals surface area contributed by atoms with Gasteiger partial charge in [-0.15, -0.1) is 0 Å². The minimum Gasteiger partial charge on any atom is -0.378 e. The number of anilines is 10. The quantitative estimate of drug-likeness (QED) is 0.0562. The largest absolute Gasteiger partial charge is 0.378 e. The van der Waals surface area contributed by atoms with E-state index in [9.17, 15) is 13.0 Å². The fourth-order valence-electron chi connectivity index (χ4n) is 6.40. The molecule has 0 saturated carbocycles. The average Bonchev–Trinajstić information content (AvgIpc) is 3.27. The lowest BCUT2D eigenvalue weighted by molar-refractivity contribution is 0.122. The number of sulfone groups is 1. The smallest absolute Gasteiger partial charge is 0.233 e. The molecular weight excluding hydrogens is 805 g/mol. The van der Waals surface area contributed by atoms with Crippen LogP contribution in [0.5, 0.6) is 0 Å². The standard InChI is InChI=1S/C41H42N12O5S2/c1-60(55,56)35-27-33(45-39-47-37(43-31-10-6-3-7-11-31)49-41(51-39)53-20-24-58-25-21-53)17-15-29(35)13-12-28-14-16-32(26-34(28)59-54)44-38-46-36(42-30-8-4-2-5-9-30)48-40(50-38)52-18-22-57-23-19-52/h2-17,26-27,54H,18-25H2,1H3,(H2,42,44,46,48,50)(H2,43,45,47,49,51)/b13-12+. The maximum atomic E-state index is 13.2. The molecule has 0 bridgehead atoms. The second-order valence-electron chi connectivity index (χ2n) is 13.7. The topological polar surface area (TPSA) is 205 Å².